The van der Waals surface area contributed by atoms with Gasteiger partial charge in [-0.1, -0.05) is 29.8 Å². The number of aryl methyl sites for hydroxylation is 1. The molecule has 160 valence electrons. The summed E-state index contributed by atoms with van der Waals surface area (Å²) in [5, 5.41) is 10.2. The largest absolute Gasteiger partial charge is 0.502 e. The van der Waals surface area contributed by atoms with E-state index in [-0.39, 0.29) is 11.8 Å². The first-order valence-corrected chi connectivity index (χ1v) is 10.9. The first-order valence-electron chi connectivity index (χ1n) is 9.75. The zero-order valence-electron chi connectivity index (χ0n) is 17.5. The van der Waals surface area contributed by atoms with Crippen LogP contribution in [0.3, 0.4) is 0 Å². The molecule has 0 fully saturated rings. The normalized spacial score (nSPS) is 16.4. The summed E-state index contributed by atoms with van der Waals surface area (Å²) in [6, 6.07) is 18.2. The number of rotatable bonds is 6. The molecule has 7 heteroatoms. The Morgan fingerprint density at radius 1 is 1.03 bits per heavy atom. The highest BCUT2D eigenvalue weighted by molar-refractivity contribution is 7.85. The average molecular weight is 438 g/mol. The van der Waals surface area contributed by atoms with Crippen LogP contribution in [0.4, 0.5) is 0 Å². The Kier molecular flexibility index (Phi) is 5.95. The molecule has 2 atom stereocenters. The van der Waals surface area contributed by atoms with Crippen LogP contribution in [0.15, 0.2) is 75.4 Å². The lowest BCUT2D eigenvalue weighted by Gasteiger charge is -2.12. The molecule has 1 unspecified atom stereocenters. The van der Waals surface area contributed by atoms with Crippen LogP contribution in [0.2, 0.25) is 0 Å². The summed E-state index contributed by atoms with van der Waals surface area (Å²) in [6.07, 6.45) is 0. The molecule has 0 spiro atoms. The molecule has 4 rings (SSSR count). The summed E-state index contributed by atoms with van der Waals surface area (Å²) < 4.78 is 29.6. The van der Waals surface area contributed by atoms with Crippen molar-refractivity contribution in [2.45, 2.75) is 22.8 Å². The van der Waals surface area contributed by atoms with Crippen molar-refractivity contribution in [1.82, 2.24) is 0 Å². The van der Waals surface area contributed by atoms with Crippen molar-refractivity contribution in [3.05, 3.63) is 77.4 Å². The van der Waals surface area contributed by atoms with Gasteiger partial charge in [0.2, 0.25) is 11.6 Å². The van der Waals surface area contributed by atoms with Gasteiger partial charge in [0.05, 0.1) is 35.5 Å². The van der Waals surface area contributed by atoms with Crippen molar-refractivity contribution in [2.24, 2.45) is 4.99 Å². The second-order valence-electron chi connectivity index (χ2n) is 7.11. The van der Waals surface area contributed by atoms with Crippen molar-refractivity contribution in [1.29, 1.82) is 0 Å². The number of aromatic hydroxyl groups is 1. The fourth-order valence-corrected chi connectivity index (χ4v) is 4.59. The maximum atomic E-state index is 13.2. The van der Waals surface area contributed by atoms with E-state index >= 15 is 0 Å². The van der Waals surface area contributed by atoms with E-state index in [1.54, 1.807) is 12.1 Å². The van der Waals surface area contributed by atoms with E-state index in [1.165, 1.54) is 14.2 Å². The molecule has 6 nitrogen and oxygen atoms in total. The van der Waals surface area contributed by atoms with Crippen LogP contribution >= 0.6 is 0 Å². The minimum atomic E-state index is -1.37. The van der Waals surface area contributed by atoms with Gasteiger partial charge in [-0.15, -0.1) is 0 Å². The van der Waals surface area contributed by atoms with Gasteiger partial charge < -0.3 is 19.3 Å². The minimum Gasteiger partial charge on any atom is -0.502 e. The molecule has 0 radical (unpaired) electrons. The number of nitrogens with zero attached hydrogens (tertiary/aromatic N) is 1. The van der Waals surface area contributed by atoms with E-state index < -0.39 is 10.8 Å². The van der Waals surface area contributed by atoms with E-state index in [4.69, 9.17) is 19.2 Å². The predicted octanol–water partition coefficient (Wildman–Crippen LogP) is 4.40. The van der Waals surface area contributed by atoms with Crippen molar-refractivity contribution < 1.29 is 23.5 Å². The fraction of sp³-hybridized carbons (Fsp3) is 0.208. The van der Waals surface area contributed by atoms with Crippen LogP contribution in [0.5, 0.6) is 17.2 Å². The summed E-state index contributed by atoms with van der Waals surface area (Å²) in [5.41, 5.74) is 2.60. The Balaban J connectivity index is 1.69. The minimum absolute atomic E-state index is 0.0595. The summed E-state index contributed by atoms with van der Waals surface area (Å²) >= 11 is 0. The molecule has 0 aromatic heterocycles. The zero-order valence-corrected chi connectivity index (χ0v) is 18.3. The van der Waals surface area contributed by atoms with Crippen molar-refractivity contribution in [3.8, 4) is 17.2 Å². The highest BCUT2D eigenvalue weighted by Crippen LogP contribution is 2.40. The molecule has 31 heavy (non-hydrogen) atoms. The average Bonchev–Trinajstić information content (AvgIpc) is 3.29. The molecule has 0 amide bonds. The molecule has 1 aliphatic heterocycles. The van der Waals surface area contributed by atoms with Crippen LogP contribution in [-0.4, -0.2) is 36.0 Å². The van der Waals surface area contributed by atoms with E-state index in [1.807, 2.05) is 55.5 Å². The Labute approximate surface area is 183 Å². The summed E-state index contributed by atoms with van der Waals surface area (Å²) in [5.74, 6) is 0.987. The number of aliphatic imine (C=N–C) groups is 1. The SMILES string of the molecule is COc1cc([C@H]2COC(c3ccccc3S(=O)c3ccc(C)cc3)=N2)cc(OC)c1O. The third kappa shape index (κ3) is 4.14. The summed E-state index contributed by atoms with van der Waals surface area (Å²) in [7, 11) is 1.60. The quantitative estimate of drug-likeness (QED) is 0.618. The maximum absolute atomic E-state index is 13.2. The maximum Gasteiger partial charge on any atom is 0.218 e. The van der Waals surface area contributed by atoms with E-state index in [0.29, 0.717) is 34.5 Å². The van der Waals surface area contributed by atoms with Gasteiger partial charge in [-0.3, -0.25) is 0 Å². The molecular weight excluding hydrogens is 414 g/mol. The van der Waals surface area contributed by atoms with E-state index in [0.717, 1.165) is 16.0 Å². The van der Waals surface area contributed by atoms with Crippen molar-refractivity contribution in [2.75, 3.05) is 20.8 Å². The van der Waals surface area contributed by atoms with Gasteiger partial charge in [0.1, 0.15) is 12.6 Å². The molecule has 0 bridgehead atoms. The third-order valence-electron chi connectivity index (χ3n) is 5.09. The van der Waals surface area contributed by atoms with Gasteiger partial charge in [0.15, 0.2) is 11.5 Å². The first-order chi connectivity index (χ1) is 15.0. The molecule has 3 aromatic rings. The second-order valence-corrected chi connectivity index (χ2v) is 8.56. The molecule has 1 N–H and O–H groups in total. The fourth-order valence-electron chi connectivity index (χ4n) is 3.39. The lowest BCUT2D eigenvalue weighted by atomic mass is 10.1. The van der Waals surface area contributed by atoms with Crippen molar-refractivity contribution in [3.63, 3.8) is 0 Å². The molecule has 0 aliphatic carbocycles. The van der Waals surface area contributed by atoms with Gasteiger partial charge in [0, 0.05) is 4.90 Å². The summed E-state index contributed by atoms with van der Waals surface area (Å²) in [6.45, 7) is 2.31. The molecule has 1 aliphatic rings. The zero-order chi connectivity index (χ0) is 22.0. The van der Waals surface area contributed by atoms with E-state index in [2.05, 4.69) is 0 Å². The third-order valence-corrected chi connectivity index (χ3v) is 6.55. The van der Waals surface area contributed by atoms with Crippen LogP contribution < -0.4 is 9.47 Å². The Hall–Kier alpha value is -3.32. The Morgan fingerprint density at radius 2 is 1.68 bits per heavy atom. The number of hydrogen-bond donors (Lipinski definition) is 1. The molecular formula is C24H23NO5S. The summed E-state index contributed by atoms with van der Waals surface area (Å²) in [4.78, 5) is 6.10. The topological polar surface area (TPSA) is 77.4 Å². The number of ether oxygens (including phenoxy) is 3. The van der Waals surface area contributed by atoms with Gasteiger partial charge in [-0.2, -0.15) is 0 Å². The smallest absolute Gasteiger partial charge is 0.218 e. The number of methoxy groups -OCH3 is 2. The number of hydrogen-bond acceptors (Lipinski definition) is 6. The Morgan fingerprint density at radius 3 is 2.32 bits per heavy atom. The van der Waals surface area contributed by atoms with Crippen LogP contribution in [0, 0.1) is 6.92 Å². The second kappa shape index (κ2) is 8.81. The van der Waals surface area contributed by atoms with Gasteiger partial charge in [-0.25, -0.2) is 9.20 Å². The van der Waals surface area contributed by atoms with Crippen LogP contribution in [0.25, 0.3) is 0 Å². The predicted molar refractivity (Wildman–Crippen MR) is 119 cm³/mol. The number of phenolic OH excluding ortho intramolecular Hbond substituents is 1. The monoisotopic (exact) mass is 437 g/mol. The number of phenols is 1. The van der Waals surface area contributed by atoms with Crippen molar-refractivity contribution >= 4 is 16.7 Å². The van der Waals surface area contributed by atoms with E-state index in [9.17, 15) is 9.32 Å². The molecule has 1 heterocycles. The molecule has 3 aromatic carbocycles. The van der Waals surface area contributed by atoms with Gasteiger partial charge in [0.25, 0.3) is 0 Å². The first kappa shape index (κ1) is 20.9. The Bertz CT molecular complexity index is 1130. The standard InChI is InChI=1S/C24H23NO5S/c1-15-8-10-17(11-9-15)31(27)22-7-5-4-6-18(22)24-25-19(14-30-24)16-12-20(28-2)23(26)21(13-16)29-3/h4-13,19,26H,14H2,1-3H3/t19-,31?/m1/s1. The number of benzene rings is 3. The van der Waals surface area contributed by atoms with Crippen LogP contribution in [0.1, 0.15) is 22.7 Å². The molecule has 0 saturated carbocycles. The molecule has 0 saturated heterocycles. The van der Waals surface area contributed by atoms with Crippen LogP contribution in [-0.2, 0) is 15.5 Å². The lowest BCUT2D eigenvalue weighted by Crippen LogP contribution is -2.07. The lowest BCUT2D eigenvalue weighted by molar-refractivity contribution is 0.316. The van der Waals surface area contributed by atoms with Gasteiger partial charge >= 0.3 is 0 Å². The highest BCUT2D eigenvalue weighted by Gasteiger charge is 2.27. The van der Waals surface area contributed by atoms with Gasteiger partial charge in [-0.05, 0) is 48.9 Å². The highest BCUT2D eigenvalue weighted by atomic mass is 32.2.